The van der Waals surface area contributed by atoms with Gasteiger partial charge in [-0.1, -0.05) is 58.3 Å². The molecule has 0 fully saturated rings. The predicted octanol–water partition coefficient (Wildman–Crippen LogP) is 3.39. The van der Waals surface area contributed by atoms with Crippen molar-refractivity contribution in [1.29, 1.82) is 5.41 Å². The first-order chi connectivity index (χ1) is 13.9. The third-order valence-corrected chi connectivity index (χ3v) is 4.92. The minimum absolute atomic E-state index is 0.0433. The fourth-order valence-corrected chi connectivity index (χ4v) is 3.10. The molecule has 7 nitrogen and oxygen atoms in total. The van der Waals surface area contributed by atoms with Crippen LogP contribution in [0, 0.1) is 5.41 Å². The summed E-state index contributed by atoms with van der Waals surface area (Å²) in [5, 5.41) is 16.4. The molecule has 0 aromatic carbocycles. The van der Waals surface area contributed by atoms with E-state index in [9.17, 15) is 9.59 Å². The van der Waals surface area contributed by atoms with Gasteiger partial charge >= 0.3 is 0 Å². The van der Waals surface area contributed by atoms with Crippen molar-refractivity contribution < 1.29 is 9.59 Å². The summed E-state index contributed by atoms with van der Waals surface area (Å²) >= 11 is 0. The second-order valence-corrected chi connectivity index (χ2v) is 7.91. The first-order valence-corrected chi connectivity index (χ1v) is 11.5. The summed E-state index contributed by atoms with van der Waals surface area (Å²) < 4.78 is 0. The lowest BCUT2D eigenvalue weighted by atomic mass is 10.1. The van der Waals surface area contributed by atoms with Gasteiger partial charge < -0.3 is 20.9 Å². The van der Waals surface area contributed by atoms with Crippen LogP contribution in [0.5, 0.6) is 0 Å². The Morgan fingerprint density at radius 2 is 1.45 bits per heavy atom. The van der Waals surface area contributed by atoms with Gasteiger partial charge in [-0.25, -0.2) is 0 Å². The van der Waals surface area contributed by atoms with Crippen LogP contribution in [0.25, 0.3) is 0 Å². The van der Waals surface area contributed by atoms with Crippen LogP contribution >= 0.6 is 0 Å². The van der Waals surface area contributed by atoms with Crippen molar-refractivity contribution in [2.75, 3.05) is 27.2 Å². The molecule has 0 heterocycles. The van der Waals surface area contributed by atoms with Crippen molar-refractivity contribution in [2.45, 2.75) is 96.9 Å². The van der Waals surface area contributed by atoms with E-state index in [2.05, 4.69) is 22.9 Å². The molecule has 1 unspecified atom stereocenters. The van der Waals surface area contributed by atoms with E-state index in [1.54, 1.807) is 19.0 Å². The molecule has 0 saturated heterocycles. The molecule has 0 bridgehead atoms. The highest BCUT2D eigenvalue weighted by molar-refractivity contribution is 5.87. The van der Waals surface area contributed by atoms with Gasteiger partial charge in [-0.3, -0.25) is 15.0 Å². The van der Waals surface area contributed by atoms with Crippen molar-refractivity contribution in [3.8, 4) is 0 Å². The standard InChI is InChI=1S/C22H45N5O2/c1-5-7-8-9-10-11-12-13-14-17-20(28)26-19(21(29)24-6-2)16-15-18-25-22(23)27(3)4/h19H,5-18H2,1-4H3,(H2,23,25)(H,24,29)(H,26,28). The number of nitrogens with one attached hydrogen (secondary N) is 4. The molecule has 2 amide bonds. The highest BCUT2D eigenvalue weighted by Crippen LogP contribution is 2.10. The lowest BCUT2D eigenvalue weighted by Crippen LogP contribution is -2.47. The molecule has 0 aromatic heterocycles. The van der Waals surface area contributed by atoms with Crippen LogP contribution in [0.3, 0.4) is 0 Å². The van der Waals surface area contributed by atoms with E-state index in [0.29, 0.717) is 38.3 Å². The SMILES string of the molecule is CCCCCCCCCCCC(=O)NC(CCCNC(=N)N(C)C)C(=O)NCC. The van der Waals surface area contributed by atoms with Gasteiger partial charge in [0.05, 0.1) is 0 Å². The van der Waals surface area contributed by atoms with E-state index in [1.807, 2.05) is 6.92 Å². The van der Waals surface area contributed by atoms with Crippen LogP contribution in [0.1, 0.15) is 90.9 Å². The van der Waals surface area contributed by atoms with E-state index >= 15 is 0 Å². The number of rotatable bonds is 17. The molecule has 0 spiro atoms. The molecule has 29 heavy (non-hydrogen) atoms. The van der Waals surface area contributed by atoms with Crippen molar-refractivity contribution in [3.63, 3.8) is 0 Å². The molecule has 7 heteroatoms. The summed E-state index contributed by atoms with van der Waals surface area (Å²) in [5.74, 6) is 0.169. The number of hydrogen-bond donors (Lipinski definition) is 4. The summed E-state index contributed by atoms with van der Waals surface area (Å²) in [6.07, 6.45) is 12.7. The van der Waals surface area contributed by atoms with Gasteiger partial charge in [0.2, 0.25) is 11.8 Å². The molecule has 0 aliphatic carbocycles. The number of hydrogen-bond acceptors (Lipinski definition) is 3. The number of nitrogens with zero attached hydrogens (tertiary/aromatic N) is 1. The Labute approximate surface area is 178 Å². The summed E-state index contributed by atoms with van der Waals surface area (Å²) in [6.45, 7) is 5.25. The summed E-state index contributed by atoms with van der Waals surface area (Å²) in [5.41, 5.74) is 0. The number of amides is 2. The molecule has 0 aromatic rings. The second kappa shape index (κ2) is 18.3. The van der Waals surface area contributed by atoms with E-state index < -0.39 is 6.04 Å². The fraction of sp³-hybridized carbons (Fsp3) is 0.864. The average molecular weight is 412 g/mol. The number of likely N-dealkylation sites (N-methyl/N-ethyl adjacent to an activating group) is 1. The number of carbonyl (C=O) groups is 2. The van der Waals surface area contributed by atoms with E-state index in [-0.39, 0.29) is 11.8 Å². The van der Waals surface area contributed by atoms with Crippen LogP contribution < -0.4 is 16.0 Å². The maximum absolute atomic E-state index is 12.3. The molecule has 4 N–H and O–H groups in total. The van der Waals surface area contributed by atoms with Gasteiger partial charge in [-0.05, 0) is 26.2 Å². The maximum atomic E-state index is 12.3. The molecule has 0 radical (unpaired) electrons. The van der Waals surface area contributed by atoms with Crippen molar-refractivity contribution in [2.24, 2.45) is 0 Å². The Kier molecular flexibility index (Phi) is 17.1. The number of carbonyl (C=O) groups excluding carboxylic acids is 2. The zero-order chi connectivity index (χ0) is 21.9. The van der Waals surface area contributed by atoms with Gasteiger partial charge in [0.1, 0.15) is 6.04 Å². The van der Waals surface area contributed by atoms with E-state index in [1.165, 1.54) is 44.9 Å². The van der Waals surface area contributed by atoms with Crippen molar-refractivity contribution in [3.05, 3.63) is 0 Å². The quantitative estimate of drug-likeness (QED) is 0.167. The van der Waals surface area contributed by atoms with Gasteiger partial charge in [0.15, 0.2) is 5.96 Å². The third kappa shape index (κ3) is 15.8. The average Bonchev–Trinajstić information content (AvgIpc) is 2.68. The van der Waals surface area contributed by atoms with Crippen LogP contribution in [0.2, 0.25) is 0 Å². The largest absolute Gasteiger partial charge is 0.356 e. The van der Waals surface area contributed by atoms with E-state index in [4.69, 9.17) is 5.41 Å². The zero-order valence-electron chi connectivity index (χ0n) is 19.2. The Morgan fingerprint density at radius 3 is 2.00 bits per heavy atom. The molecule has 0 aliphatic heterocycles. The Hall–Kier alpha value is -1.79. The van der Waals surface area contributed by atoms with Crippen LogP contribution in [-0.2, 0) is 9.59 Å². The van der Waals surface area contributed by atoms with Gasteiger partial charge in [-0.15, -0.1) is 0 Å². The fourth-order valence-electron chi connectivity index (χ4n) is 3.10. The Morgan fingerprint density at radius 1 is 0.862 bits per heavy atom. The van der Waals surface area contributed by atoms with E-state index in [0.717, 1.165) is 12.8 Å². The zero-order valence-corrected chi connectivity index (χ0v) is 19.2. The smallest absolute Gasteiger partial charge is 0.242 e. The van der Waals surface area contributed by atoms with Crippen molar-refractivity contribution >= 4 is 17.8 Å². The lowest BCUT2D eigenvalue weighted by Gasteiger charge is -2.19. The normalized spacial score (nSPS) is 11.6. The second-order valence-electron chi connectivity index (χ2n) is 7.91. The molecule has 1 atom stereocenters. The Bertz CT molecular complexity index is 454. The van der Waals surface area contributed by atoms with Gasteiger partial charge in [0, 0.05) is 33.6 Å². The van der Waals surface area contributed by atoms with Gasteiger partial charge in [-0.2, -0.15) is 0 Å². The third-order valence-electron chi connectivity index (χ3n) is 4.92. The maximum Gasteiger partial charge on any atom is 0.242 e. The summed E-state index contributed by atoms with van der Waals surface area (Å²) in [7, 11) is 3.61. The van der Waals surface area contributed by atoms with Gasteiger partial charge in [0.25, 0.3) is 0 Å². The molecule has 0 rings (SSSR count). The predicted molar refractivity (Wildman–Crippen MR) is 121 cm³/mol. The molecular weight excluding hydrogens is 366 g/mol. The van der Waals surface area contributed by atoms with Crippen LogP contribution in [-0.4, -0.2) is 55.9 Å². The first-order valence-electron chi connectivity index (χ1n) is 11.5. The minimum Gasteiger partial charge on any atom is -0.356 e. The molecule has 0 saturated carbocycles. The number of guanidine groups is 1. The van der Waals surface area contributed by atoms with Crippen molar-refractivity contribution in [1.82, 2.24) is 20.9 Å². The Balaban J connectivity index is 4.05. The highest BCUT2D eigenvalue weighted by Gasteiger charge is 2.19. The van der Waals surface area contributed by atoms with Crippen LogP contribution in [0.4, 0.5) is 0 Å². The summed E-state index contributed by atoms with van der Waals surface area (Å²) in [6, 6.07) is -0.503. The highest BCUT2D eigenvalue weighted by atomic mass is 16.2. The number of unbranched alkanes of at least 4 members (excludes halogenated alkanes) is 8. The monoisotopic (exact) mass is 411 g/mol. The van der Waals surface area contributed by atoms with Crippen LogP contribution in [0.15, 0.2) is 0 Å². The molecule has 0 aliphatic rings. The lowest BCUT2D eigenvalue weighted by molar-refractivity contribution is -0.129. The first kappa shape index (κ1) is 27.2. The molecule has 170 valence electrons. The molecular formula is C22H45N5O2. The summed E-state index contributed by atoms with van der Waals surface area (Å²) in [4.78, 5) is 26.2. The topological polar surface area (TPSA) is 97.3 Å². The minimum atomic E-state index is -0.503.